The molecule has 0 spiro atoms. The number of piperazine rings is 1. The lowest BCUT2D eigenvalue weighted by atomic mass is 10.2. The van der Waals surface area contributed by atoms with Crippen molar-refractivity contribution in [1.29, 1.82) is 0 Å². The van der Waals surface area contributed by atoms with Crippen molar-refractivity contribution in [2.75, 3.05) is 39.3 Å². The number of alkyl carbamates (subject to hydrolysis) is 1. The van der Waals surface area contributed by atoms with E-state index in [2.05, 4.69) is 21.2 Å². The maximum absolute atomic E-state index is 11.6. The molecule has 1 aliphatic rings. The molecule has 1 amide bonds. The van der Waals surface area contributed by atoms with E-state index in [9.17, 15) is 4.79 Å². The van der Waals surface area contributed by atoms with Crippen molar-refractivity contribution in [2.24, 2.45) is 0 Å². The van der Waals surface area contributed by atoms with Crippen molar-refractivity contribution >= 4 is 17.7 Å². The molecule has 134 valence electrons. The first kappa shape index (κ1) is 19.0. The Morgan fingerprint density at radius 2 is 1.88 bits per heavy atom. The molecule has 2 rings (SSSR count). The van der Waals surface area contributed by atoms with E-state index in [1.54, 1.807) is 0 Å². The van der Waals surface area contributed by atoms with Gasteiger partial charge >= 0.3 is 6.09 Å². The molecule has 0 aromatic heterocycles. The van der Waals surface area contributed by atoms with E-state index >= 15 is 0 Å². The number of rotatable bonds is 5. The van der Waals surface area contributed by atoms with Crippen LogP contribution in [0.5, 0.6) is 0 Å². The summed E-state index contributed by atoms with van der Waals surface area (Å²) in [6, 6.07) is 8.04. The average molecular weight is 354 g/mol. The molecule has 1 N–H and O–H groups in total. The van der Waals surface area contributed by atoms with Gasteiger partial charge in [0.15, 0.2) is 0 Å². The second kappa shape index (κ2) is 8.70. The highest BCUT2D eigenvalue weighted by atomic mass is 35.5. The van der Waals surface area contributed by atoms with E-state index in [1.807, 2.05) is 39.0 Å². The van der Waals surface area contributed by atoms with Gasteiger partial charge in [-0.2, -0.15) is 0 Å². The maximum Gasteiger partial charge on any atom is 0.407 e. The Morgan fingerprint density at radius 1 is 1.21 bits per heavy atom. The van der Waals surface area contributed by atoms with E-state index in [-0.39, 0.29) is 6.09 Å². The van der Waals surface area contributed by atoms with Crippen LogP contribution in [0.2, 0.25) is 5.02 Å². The van der Waals surface area contributed by atoms with Crippen molar-refractivity contribution in [3.05, 3.63) is 34.9 Å². The van der Waals surface area contributed by atoms with Gasteiger partial charge in [0.05, 0.1) is 0 Å². The van der Waals surface area contributed by atoms with Crippen LogP contribution in [0, 0.1) is 0 Å². The topological polar surface area (TPSA) is 44.8 Å². The highest BCUT2D eigenvalue weighted by Crippen LogP contribution is 2.14. The summed E-state index contributed by atoms with van der Waals surface area (Å²) in [4.78, 5) is 16.4. The molecule has 1 saturated heterocycles. The number of hydrogen-bond acceptors (Lipinski definition) is 4. The van der Waals surface area contributed by atoms with E-state index in [0.717, 1.165) is 44.3 Å². The molecule has 0 atom stereocenters. The molecule has 6 heteroatoms. The predicted molar refractivity (Wildman–Crippen MR) is 97.4 cm³/mol. The van der Waals surface area contributed by atoms with Crippen LogP contribution in [0.15, 0.2) is 24.3 Å². The summed E-state index contributed by atoms with van der Waals surface area (Å²) < 4.78 is 5.23. The van der Waals surface area contributed by atoms with Crippen LogP contribution >= 0.6 is 11.6 Å². The van der Waals surface area contributed by atoms with Crippen LogP contribution in [-0.2, 0) is 11.3 Å². The molecule has 1 aliphatic heterocycles. The molecular weight excluding hydrogens is 326 g/mol. The Bertz CT molecular complexity index is 537. The largest absolute Gasteiger partial charge is 0.444 e. The minimum atomic E-state index is -0.448. The van der Waals surface area contributed by atoms with Crippen LogP contribution in [0.3, 0.4) is 0 Å². The van der Waals surface area contributed by atoms with Gasteiger partial charge < -0.3 is 10.1 Å². The lowest BCUT2D eigenvalue weighted by molar-refractivity contribution is 0.0515. The third-order valence-electron chi connectivity index (χ3n) is 3.86. The number of halogens is 1. The van der Waals surface area contributed by atoms with Crippen LogP contribution in [0.25, 0.3) is 0 Å². The van der Waals surface area contributed by atoms with E-state index in [4.69, 9.17) is 16.3 Å². The van der Waals surface area contributed by atoms with Gasteiger partial charge in [-0.1, -0.05) is 23.7 Å². The fourth-order valence-electron chi connectivity index (χ4n) is 2.69. The molecular formula is C18H28ClN3O2. The Hall–Kier alpha value is -1.30. The van der Waals surface area contributed by atoms with Crippen LogP contribution in [-0.4, -0.2) is 60.8 Å². The van der Waals surface area contributed by atoms with E-state index in [1.165, 1.54) is 5.56 Å². The zero-order chi connectivity index (χ0) is 17.6. The van der Waals surface area contributed by atoms with Gasteiger partial charge in [0.2, 0.25) is 0 Å². The van der Waals surface area contributed by atoms with Gasteiger partial charge in [0.25, 0.3) is 0 Å². The Balaban J connectivity index is 1.63. The minimum absolute atomic E-state index is 0.345. The zero-order valence-corrected chi connectivity index (χ0v) is 15.6. The Labute approximate surface area is 149 Å². The molecule has 0 unspecified atom stereocenters. The number of nitrogens with one attached hydrogen (secondary N) is 1. The smallest absolute Gasteiger partial charge is 0.407 e. The summed E-state index contributed by atoms with van der Waals surface area (Å²) in [5.41, 5.74) is 0.804. The number of amides is 1. The maximum atomic E-state index is 11.6. The van der Waals surface area contributed by atoms with Gasteiger partial charge in [0, 0.05) is 50.8 Å². The van der Waals surface area contributed by atoms with Crippen molar-refractivity contribution in [1.82, 2.24) is 15.1 Å². The third-order valence-corrected chi connectivity index (χ3v) is 4.09. The second-order valence-corrected chi connectivity index (χ2v) is 7.61. The fraction of sp³-hybridized carbons (Fsp3) is 0.611. The molecule has 1 fully saturated rings. The number of nitrogens with zero attached hydrogens (tertiary/aromatic N) is 2. The molecule has 0 radical (unpaired) electrons. The summed E-state index contributed by atoms with van der Waals surface area (Å²) in [6.07, 6.45) is -0.345. The van der Waals surface area contributed by atoms with Crippen molar-refractivity contribution in [3.63, 3.8) is 0 Å². The standard InChI is InChI=1S/C18H28ClN3O2/c1-18(2,3)24-17(23)20-7-8-21-9-11-22(12-10-21)14-15-5-4-6-16(19)13-15/h4-6,13H,7-12,14H2,1-3H3,(H,20,23). The minimum Gasteiger partial charge on any atom is -0.444 e. The van der Waals surface area contributed by atoms with Crippen LogP contribution < -0.4 is 5.32 Å². The molecule has 5 nitrogen and oxygen atoms in total. The molecule has 1 aromatic rings. The van der Waals surface area contributed by atoms with Gasteiger partial charge in [-0.25, -0.2) is 4.79 Å². The monoisotopic (exact) mass is 353 g/mol. The number of carbonyl (C=O) groups is 1. The average Bonchev–Trinajstić information content (AvgIpc) is 2.47. The number of benzene rings is 1. The Kier molecular flexibility index (Phi) is 6.90. The molecule has 0 aliphatic carbocycles. The van der Waals surface area contributed by atoms with Crippen LogP contribution in [0.4, 0.5) is 4.79 Å². The summed E-state index contributed by atoms with van der Waals surface area (Å²) in [6.45, 7) is 12.1. The summed E-state index contributed by atoms with van der Waals surface area (Å²) in [7, 11) is 0. The van der Waals surface area contributed by atoms with Crippen molar-refractivity contribution in [2.45, 2.75) is 32.9 Å². The molecule has 0 bridgehead atoms. The molecule has 0 saturated carbocycles. The lowest BCUT2D eigenvalue weighted by Crippen LogP contribution is -2.48. The normalized spacial score (nSPS) is 16.8. The lowest BCUT2D eigenvalue weighted by Gasteiger charge is -2.34. The SMILES string of the molecule is CC(C)(C)OC(=O)NCCN1CCN(Cc2cccc(Cl)c2)CC1. The molecule has 1 aromatic carbocycles. The third kappa shape index (κ3) is 7.07. The van der Waals surface area contributed by atoms with Crippen molar-refractivity contribution in [3.8, 4) is 0 Å². The first-order chi connectivity index (χ1) is 11.3. The first-order valence-electron chi connectivity index (χ1n) is 8.48. The summed E-state index contributed by atoms with van der Waals surface area (Å²) in [5, 5.41) is 3.60. The number of carbonyl (C=O) groups excluding carboxylic acids is 1. The van der Waals surface area contributed by atoms with Gasteiger partial charge in [0.1, 0.15) is 5.60 Å². The predicted octanol–water partition coefficient (Wildman–Crippen LogP) is 2.98. The summed E-state index contributed by atoms with van der Waals surface area (Å²) in [5.74, 6) is 0. The zero-order valence-electron chi connectivity index (χ0n) is 14.8. The quantitative estimate of drug-likeness (QED) is 0.883. The van der Waals surface area contributed by atoms with Gasteiger partial charge in [-0.05, 0) is 38.5 Å². The molecule has 1 heterocycles. The molecule has 24 heavy (non-hydrogen) atoms. The highest BCUT2D eigenvalue weighted by Gasteiger charge is 2.18. The van der Waals surface area contributed by atoms with Crippen LogP contribution in [0.1, 0.15) is 26.3 Å². The second-order valence-electron chi connectivity index (χ2n) is 7.18. The number of hydrogen-bond donors (Lipinski definition) is 1. The first-order valence-corrected chi connectivity index (χ1v) is 8.86. The van der Waals surface area contributed by atoms with Gasteiger partial charge in [-0.15, -0.1) is 0 Å². The van der Waals surface area contributed by atoms with E-state index in [0.29, 0.717) is 6.54 Å². The van der Waals surface area contributed by atoms with Gasteiger partial charge in [-0.3, -0.25) is 9.80 Å². The number of ether oxygens (including phenoxy) is 1. The van der Waals surface area contributed by atoms with Crippen molar-refractivity contribution < 1.29 is 9.53 Å². The Morgan fingerprint density at radius 3 is 2.50 bits per heavy atom. The summed E-state index contributed by atoms with van der Waals surface area (Å²) >= 11 is 6.04. The highest BCUT2D eigenvalue weighted by molar-refractivity contribution is 6.30. The van der Waals surface area contributed by atoms with E-state index < -0.39 is 5.60 Å². The fourth-order valence-corrected chi connectivity index (χ4v) is 2.91.